The number of nitrogens with zero attached hydrogens (tertiary/aromatic N) is 2. The van der Waals surface area contributed by atoms with E-state index in [0.717, 1.165) is 17.7 Å². The lowest BCUT2D eigenvalue weighted by atomic mass is 10.1. The van der Waals surface area contributed by atoms with E-state index >= 15 is 0 Å². The second-order valence-corrected chi connectivity index (χ2v) is 4.16. The van der Waals surface area contributed by atoms with Crippen LogP contribution in [0.3, 0.4) is 0 Å². The molecule has 0 aromatic carbocycles. The molecule has 1 unspecified atom stereocenters. The zero-order valence-electron chi connectivity index (χ0n) is 9.85. The van der Waals surface area contributed by atoms with Crippen LogP contribution in [0.5, 0.6) is 0 Å². The van der Waals surface area contributed by atoms with Crippen molar-refractivity contribution >= 4 is 11.6 Å². The maximum atomic E-state index is 10.4. The van der Waals surface area contributed by atoms with E-state index in [-0.39, 0.29) is 0 Å². The van der Waals surface area contributed by atoms with Crippen LogP contribution in [-0.2, 0) is 13.0 Å². The fourth-order valence-electron chi connectivity index (χ4n) is 1.92. The molecule has 2 aromatic heterocycles. The Labute approximate surface area is 105 Å². The highest BCUT2D eigenvalue weighted by molar-refractivity contribution is 6.31. The first kappa shape index (κ1) is 12.2. The molecule has 2 rings (SSSR count). The number of rotatable bonds is 4. The number of aliphatic hydroxyl groups is 1. The molecular formula is C12H15ClN2O2. The van der Waals surface area contributed by atoms with Gasteiger partial charge in [-0.2, -0.15) is 5.10 Å². The number of aliphatic hydroxyl groups excluding tert-OH is 1. The molecule has 92 valence electrons. The summed E-state index contributed by atoms with van der Waals surface area (Å²) in [6, 6.07) is 1.77. The second-order valence-electron chi connectivity index (χ2n) is 3.75. The Hall–Kier alpha value is -1.26. The van der Waals surface area contributed by atoms with Crippen molar-refractivity contribution in [2.24, 2.45) is 0 Å². The van der Waals surface area contributed by atoms with Crippen LogP contribution in [0.2, 0.25) is 5.02 Å². The van der Waals surface area contributed by atoms with E-state index in [0.29, 0.717) is 17.3 Å². The second kappa shape index (κ2) is 4.94. The van der Waals surface area contributed by atoms with Crippen LogP contribution in [0.4, 0.5) is 0 Å². The van der Waals surface area contributed by atoms with Crippen LogP contribution in [0.15, 0.2) is 22.9 Å². The van der Waals surface area contributed by atoms with Gasteiger partial charge in [-0.05, 0) is 13.0 Å². The summed E-state index contributed by atoms with van der Waals surface area (Å²) in [5, 5.41) is 15.0. The molecule has 0 saturated heterocycles. The van der Waals surface area contributed by atoms with Gasteiger partial charge in [0.2, 0.25) is 0 Å². The maximum Gasteiger partial charge on any atom is 0.126 e. The normalized spacial score (nSPS) is 12.9. The standard InChI is InChI=1S/C12H15ClN2O2/c1-3-10-8(5-6-17-10)12(16)11-9(13)7-14-15(11)4-2/h5-7,12,16H,3-4H2,1-2H3. The third-order valence-corrected chi connectivity index (χ3v) is 3.08. The van der Waals surface area contributed by atoms with Crippen molar-refractivity contribution in [3.05, 3.63) is 40.6 Å². The predicted molar refractivity (Wildman–Crippen MR) is 65.1 cm³/mol. The molecule has 0 aliphatic heterocycles. The molecule has 0 spiro atoms. The summed E-state index contributed by atoms with van der Waals surface area (Å²) in [5.74, 6) is 0.775. The Balaban J connectivity index is 2.43. The van der Waals surface area contributed by atoms with Gasteiger partial charge in [0.05, 0.1) is 23.2 Å². The summed E-state index contributed by atoms with van der Waals surface area (Å²) in [5.41, 5.74) is 1.37. The van der Waals surface area contributed by atoms with E-state index in [4.69, 9.17) is 16.0 Å². The van der Waals surface area contributed by atoms with Crippen LogP contribution in [0.1, 0.15) is 37.0 Å². The molecule has 5 heteroatoms. The molecule has 4 nitrogen and oxygen atoms in total. The molecule has 0 aliphatic carbocycles. The fraction of sp³-hybridized carbons (Fsp3) is 0.417. The van der Waals surface area contributed by atoms with Gasteiger partial charge in [0.25, 0.3) is 0 Å². The zero-order valence-corrected chi connectivity index (χ0v) is 10.6. The van der Waals surface area contributed by atoms with Crippen molar-refractivity contribution in [3.63, 3.8) is 0 Å². The van der Waals surface area contributed by atoms with Gasteiger partial charge in [-0.25, -0.2) is 0 Å². The number of halogens is 1. The Morgan fingerprint density at radius 1 is 1.53 bits per heavy atom. The molecule has 0 fully saturated rings. The third-order valence-electron chi connectivity index (χ3n) is 2.79. The average molecular weight is 255 g/mol. The number of aryl methyl sites for hydroxylation is 2. The predicted octanol–water partition coefficient (Wildman–Crippen LogP) is 2.79. The van der Waals surface area contributed by atoms with Crippen molar-refractivity contribution in [3.8, 4) is 0 Å². The Morgan fingerprint density at radius 3 is 2.94 bits per heavy atom. The number of hydrogen-bond donors (Lipinski definition) is 1. The van der Waals surface area contributed by atoms with Gasteiger partial charge in [0.1, 0.15) is 11.9 Å². The summed E-state index contributed by atoms with van der Waals surface area (Å²) in [6.07, 6.45) is 3.07. The van der Waals surface area contributed by atoms with Gasteiger partial charge in [-0.3, -0.25) is 4.68 Å². The molecule has 0 aliphatic rings. The highest BCUT2D eigenvalue weighted by Crippen LogP contribution is 2.30. The lowest BCUT2D eigenvalue weighted by Crippen LogP contribution is -2.10. The minimum atomic E-state index is -0.793. The lowest BCUT2D eigenvalue weighted by Gasteiger charge is -2.13. The highest BCUT2D eigenvalue weighted by atomic mass is 35.5. The van der Waals surface area contributed by atoms with Crippen LogP contribution >= 0.6 is 11.6 Å². The third kappa shape index (κ3) is 2.10. The van der Waals surface area contributed by atoms with Crippen molar-refractivity contribution < 1.29 is 9.52 Å². The van der Waals surface area contributed by atoms with E-state index in [9.17, 15) is 5.11 Å². The Kier molecular flexibility index (Phi) is 3.54. The average Bonchev–Trinajstić information content (AvgIpc) is 2.93. The van der Waals surface area contributed by atoms with Crippen LogP contribution in [0.25, 0.3) is 0 Å². The quantitative estimate of drug-likeness (QED) is 0.913. The fourth-order valence-corrected chi connectivity index (χ4v) is 2.17. The summed E-state index contributed by atoms with van der Waals surface area (Å²) in [7, 11) is 0. The first-order valence-electron chi connectivity index (χ1n) is 5.64. The van der Waals surface area contributed by atoms with E-state index in [1.165, 1.54) is 0 Å². The van der Waals surface area contributed by atoms with Crippen molar-refractivity contribution in [1.82, 2.24) is 9.78 Å². The van der Waals surface area contributed by atoms with Crippen molar-refractivity contribution in [2.45, 2.75) is 32.9 Å². The maximum absolute atomic E-state index is 10.4. The summed E-state index contributed by atoms with van der Waals surface area (Å²) in [6.45, 7) is 4.60. The van der Waals surface area contributed by atoms with E-state index in [1.54, 1.807) is 23.2 Å². The topological polar surface area (TPSA) is 51.2 Å². The molecule has 2 heterocycles. The van der Waals surface area contributed by atoms with Crippen LogP contribution < -0.4 is 0 Å². The van der Waals surface area contributed by atoms with Gasteiger partial charge >= 0.3 is 0 Å². The molecule has 0 saturated carbocycles. The molecule has 1 atom stereocenters. The smallest absolute Gasteiger partial charge is 0.126 e. The zero-order chi connectivity index (χ0) is 12.4. The largest absolute Gasteiger partial charge is 0.469 e. The van der Waals surface area contributed by atoms with Gasteiger partial charge in [-0.1, -0.05) is 18.5 Å². The van der Waals surface area contributed by atoms with E-state index in [2.05, 4.69) is 5.10 Å². The Bertz CT molecular complexity index is 504. The first-order chi connectivity index (χ1) is 8.19. The van der Waals surface area contributed by atoms with Crippen LogP contribution in [0, 0.1) is 0 Å². The Morgan fingerprint density at radius 2 is 2.29 bits per heavy atom. The highest BCUT2D eigenvalue weighted by Gasteiger charge is 2.22. The van der Waals surface area contributed by atoms with Gasteiger partial charge in [-0.15, -0.1) is 0 Å². The molecule has 1 N–H and O–H groups in total. The number of furan rings is 1. The SMILES string of the molecule is CCc1occc1C(O)c1c(Cl)cnn1CC. The van der Waals surface area contributed by atoms with Crippen molar-refractivity contribution in [2.75, 3.05) is 0 Å². The first-order valence-corrected chi connectivity index (χ1v) is 6.02. The summed E-state index contributed by atoms with van der Waals surface area (Å²) in [4.78, 5) is 0. The molecule has 0 radical (unpaired) electrons. The molecule has 0 amide bonds. The summed E-state index contributed by atoms with van der Waals surface area (Å²) < 4.78 is 7.01. The minimum absolute atomic E-state index is 0.475. The molecule has 0 bridgehead atoms. The molecular weight excluding hydrogens is 240 g/mol. The molecule has 17 heavy (non-hydrogen) atoms. The summed E-state index contributed by atoms with van der Waals surface area (Å²) >= 11 is 6.06. The van der Waals surface area contributed by atoms with E-state index in [1.807, 2.05) is 13.8 Å². The van der Waals surface area contributed by atoms with E-state index < -0.39 is 6.10 Å². The number of aromatic nitrogens is 2. The number of hydrogen-bond acceptors (Lipinski definition) is 3. The monoisotopic (exact) mass is 254 g/mol. The minimum Gasteiger partial charge on any atom is -0.469 e. The van der Waals surface area contributed by atoms with Gasteiger partial charge in [0.15, 0.2) is 0 Å². The van der Waals surface area contributed by atoms with Crippen molar-refractivity contribution in [1.29, 1.82) is 0 Å². The molecule has 2 aromatic rings. The lowest BCUT2D eigenvalue weighted by molar-refractivity contribution is 0.205. The van der Waals surface area contributed by atoms with Gasteiger partial charge < -0.3 is 9.52 Å². The van der Waals surface area contributed by atoms with Gasteiger partial charge in [0, 0.05) is 18.5 Å². The van der Waals surface area contributed by atoms with Crippen LogP contribution in [-0.4, -0.2) is 14.9 Å².